The van der Waals surface area contributed by atoms with Crippen LogP contribution in [0.5, 0.6) is 0 Å². The number of nitrogens with two attached hydrogens (primary N) is 1. The molecule has 5 N–H and O–H groups in total. The van der Waals surface area contributed by atoms with E-state index in [-0.39, 0.29) is 36.2 Å². The molecule has 3 saturated heterocycles. The maximum Gasteiger partial charge on any atom is 0.271 e. The highest BCUT2D eigenvalue weighted by molar-refractivity contribution is 6.06. The highest BCUT2D eigenvalue weighted by Crippen LogP contribution is 2.38. The van der Waals surface area contributed by atoms with Crippen LogP contribution in [-0.2, 0) is 9.59 Å². The van der Waals surface area contributed by atoms with Gasteiger partial charge in [-0.15, -0.1) is 0 Å². The molecule has 0 radical (unpaired) electrons. The molecule has 4 aromatic rings. The number of carbonyl (C=O) groups excluding carboxylic acids is 4. The number of carbonyl (C=O) groups is 4. The lowest BCUT2D eigenvalue weighted by Gasteiger charge is -2.34. The van der Waals surface area contributed by atoms with Crippen LogP contribution in [0.2, 0.25) is 0 Å². The summed E-state index contributed by atoms with van der Waals surface area (Å²) in [7, 11) is 0. The van der Waals surface area contributed by atoms with Crippen LogP contribution in [0.15, 0.2) is 67.1 Å². The summed E-state index contributed by atoms with van der Waals surface area (Å²) >= 11 is 0. The molecule has 6 heterocycles. The van der Waals surface area contributed by atoms with Gasteiger partial charge >= 0.3 is 0 Å². The summed E-state index contributed by atoms with van der Waals surface area (Å²) in [5, 5.41) is 20.6. The van der Waals surface area contributed by atoms with Crippen LogP contribution < -0.4 is 21.3 Å². The SMILES string of the molecule is NC(=O)c1ncc(-n2cccn2)nc1Nc1ccc(C2CCN(CC3CCN(c4ccc5c(c4)C(=O)N(C4CCC(=O)NC4=O)C5O)C3)CC2)cc1. The predicted octanol–water partition coefficient (Wildman–Crippen LogP) is 2.46. The van der Waals surface area contributed by atoms with Gasteiger partial charge in [0.15, 0.2) is 23.6 Å². The van der Waals surface area contributed by atoms with Crippen LogP contribution in [0, 0.1) is 5.92 Å². The Balaban J connectivity index is 0.840. The maximum absolute atomic E-state index is 13.4. The first-order valence-electron chi connectivity index (χ1n) is 17.7. The third kappa shape index (κ3) is 6.48. The second-order valence-electron chi connectivity index (χ2n) is 14.0. The average Bonchev–Trinajstić information content (AvgIpc) is 3.90. The van der Waals surface area contributed by atoms with Crippen molar-refractivity contribution >= 4 is 40.8 Å². The van der Waals surface area contributed by atoms with E-state index in [0.29, 0.717) is 28.8 Å². The number of nitrogens with one attached hydrogen (secondary N) is 2. The molecule has 3 unspecified atom stereocenters. The predicted molar refractivity (Wildman–Crippen MR) is 190 cm³/mol. The molecule has 15 heteroatoms. The van der Waals surface area contributed by atoms with E-state index in [4.69, 9.17) is 5.73 Å². The van der Waals surface area contributed by atoms with Gasteiger partial charge in [0.1, 0.15) is 6.04 Å². The van der Waals surface area contributed by atoms with E-state index < -0.39 is 24.1 Å². The number of benzene rings is 2. The van der Waals surface area contributed by atoms with Gasteiger partial charge in [0.25, 0.3) is 11.8 Å². The minimum absolute atomic E-state index is 0.0540. The van der Waals surface area contributed by atoms with E-state index in [1.807, 2.05) is 24.3 Å². The zero-order valence-electron chi connectivity index (χ0n) is 28.5. The first kappa shape index (κ1) is 33.5. The molecule has 268 valence electrons. The van der Waals surface area contributed by atoms with Crippen molar-refractivity contribution in [3.63, 3.8) is 0 Å². The Hall–Kier alpha value is -5.67. The summed E-state index contributed by atoms with van der Waals surface area (Å²) in [4.78, 5) is 64.3. The first-order valence-corrected chi connectivity index (χ1v) is 17.7. The fourth-order valence-electron chi connectivity index (χ4n) is 7.98. The van der Waals surface area contributed by atoms with Crippen LogP contribution in [0.4, 0.5) is 17.2 Å². The summed E-state index contributed by atoms with van der Waals surface area (Å²) in [6.07, 6.45) is 7.13. The topological polar surface area (TPSA) is 192 Å². The number of likely N-dealkylation sites (tertiary alicyclic amines) is 1. The van der Waals surface area contributed by atoms with Gasteiger partial charge < -0.3 is 26.0 Å². The minimum atomic E-state index is -1.22. The summed E-state index contributed by atoms with van der Waals surface area (Å²) in [5.74, 6) is -0.278. The van der Waals surface area contributed by atoms with E-state index in [1.165, 1.54) is 16.7 Å². The Kier molecular flexibility index (Phi) is 8.89. The van der Waals surface area contributed by atoms with Crippen molar-refractivity contribution in [1.82, 2.24) is 34.9 Å². The Morgan fingerprint density at radius 2 is 1.83 bits per heavy atom. The Morgan fingerprint density at radius 3 is 2.56 bits per heavy atom. The van der Waals surface area contributed by atoms with Crippen LogP contribution >= 0.6 is 0 Å². The number of hydrogen-bond acceptors (Lipinski definition) is 11. The quantitative estimate of drug-likeness (QED) is 0.187. The lowest BCUT2D eigenvalue weighted by atomic mass is 9.89. The summed E-state index contributed by atoms with van der Waals surface area (Å²) in [5.41, 5.74) is 9.51. The van der Waals surface area contributed by atoms with Gasteiger partial charge in [0.2, 0.25) is 11.8 Å². The normalized spacial score (nSPS) is 22.5. The van der Waals surface area contributed by atoms with Gasteiger partial charge in [0.05, 0.1) is 6.20 Å². The van der Waals surface area contributed by atoms with Gasteiger partial charge in [-0.3, -0.25) is 29.4 Å². The van der Waals surface area contributed by atoms with Gasteiger partial charge in [-0.25, -0.2) is 14.6 Å². The monoisotopic (exact) mass is 704 g/mol. The zero-order chi connectivity index (χ0) is 35.9. The van der Waals surface area contributed by atoms with Gasteiger partial charge in [-0.05, 0) is 86.5 Å². The Bertz CT molecular complexity index is 2010. The van der Waals surface area contributed by atoms with Crippen molar-refractivity contribution < 1.29 is 24.3 Å². The fraction of sp³-hybridized carbons (Fsp3) is 0.378. The number of aromatic nitrogens is 4. The number of amides is 4. The largest absolute Gasteiger partial charge is 0.371 e. The second-order valence-corrected chi connectivity index (χ2v) is 14.0. The maximum atomic E-state index is 13.4. The van der Waals surface area contributed by atoms with Crippen molar-refractivity contribution in [3.8, 4) is 5.82 Å². The van der Waals surface area contributed by atoms with E-state index in [0.717, 1.165) is 63.4 Å². The molecule has 2 aromatic carbocycles. The number of anilines is 3. The fourth-order valence-corrected chi connectivity index (χ4v) is 7.98. The summed E-state index contributed by atoms with van der Waals surface area (Å²) in [6.45, 7) is 4.81. The molecule has 15 nitrogen and oxygen atoms in total. The Morgan fingerprint density at radius 1 is 1.02 bits per heavy atom. The molecule has 8 rings (SSSR count). The van der Waals surface area contributed by atoms with Gasteiger partial charge in [-0.2, -0.15) is 5.10 Å². The number of nitrogens with zero attached hydrogens (tertiary/aromatic N) is 7. The highest BCUT2D eigenvalue weighted by Gasteiger charge is 2.44. The molecule has 0 aliphatic carbocycles. The molecule has 0 spiro atoms. The third-order valence-electron chi connectivity index (χ3n) is 10.7. The molecule has 4 aliphatic rings. The molecule has 0 bridgehead atoms. The highest BCUT2D eigenvalue weighted by atomic mass is 16.3. The number of hydrogen-bond donors (Lipinski definition) is 4. The summed E-state index contributed by atoms with van der Waals surface area (Å²) < 4.78 is 1.56. The lowest BCUT2D eigenvalue weighted by molar-refractivity contribution is -0.139. The Labute approximate surface area is 299 Å². The third-order valence-corrected chi connectivity index (χ3v) is 10.7. The number of fused-ring (bicyclic) bond motifs is 1. The zero-order valence-corrected chi connectivity index (χ0v) is 28.5. The van der Waals surface area contributed by atoms with E-state index in [1.54, 1.807) is 29.2 Å². The van der Waals surface area contributed by atoms with Crippen molar-refractivity contribution in [3.05, 3.63) is 89.5 Å². The number of imide groups is 1. The van der Waals surface area contributed by atoms with E-state index in [9.17, 15) is 24.3 Å². The smallest absolute Gasteiger partial charge is 0.271 e. The number of rotatable bonds is 9. The average molecular weight is 705 g/mol. The van der Waals surface area contributed by atoms with Gasteiger partial charge in [0, 0.05) is 61.0 Å². The van der Waals surface area contributed by atoms with Crippen LogP contribution in [0.1, 0.15) is 76.2 Å². The van der Waals surface area contributed by atoms with Crippen molar-refractivity contribution in [1.29, 1.82) is 0 Å². The number of piperidine rings is 2. The molecule has 4 amide bonds. The number of aliphatic hydroxyl groups is 1. The van der Waals surface area contributed by atoms with Crippen LogP contribution in [-0.4, -0.2) is 97.0 Å². The van der Waals surface area contributed by atoms with Crippen LogP contribution in [0.3, 0.4) is 0 Å². The van der Waals surface area contributed by atoms with E-state index >= 15 is 0 Å². The molecule has 52 heavy (non-hydrogen) atoms. The standard InChI is InChI=1S/C37H40N10O5/c38-33(49)32-34(42-30(19-39-32)46-14-1-13-40-46)41-25-4-2-23(3-5-25)24-11-15-44(16-12-24)20-22-10-17-45(21-22)26-6-7-27-28(18-26)37(52)47(36(27)51)29-8-9-31(48)43-35(29)50/h1-7,13-14,18-19,22,24,29,36,51H,8-12,15-17,20-21H2,(H2,38,49)(H,41,42)(H,43,48,50). The molecular weight excluding hydrogens is 664 g/mol. The van der Waals surface area contributed by atoms with Crippen molar-refractivity contribution in [2.24, 2.45) is 11.7 Å². The molecule has 4 aliphatic heterocycles. The minimum Gasteiger partial charge on any atom is -0.371 e. The second kappa shape index (κ2) is 13.8. The first-order chi connectivity index (χ1) is 25.2. The number of primary amides is 1. The van der Waals surface area contributed by atoms with Crippen molar-refractivity contribution in [2.45, 2.75) is 50.3 Å². The molecule has 0 saturated carbocycles. The van der Waals surface area contributed by atoms with E-state index in [2.05, 4.69) is 47.6 Å². The van der Waals surface area contributed by atoms with Crippen molar-refractivity contribution in [2.75, 3.05) is 42.9 Å². The molecule has 3 fully saturated rings. The molecule has 3 atom stereocenters. The lowest BCUT2D eigenvalue weighted by Crippen LogP contribution is -2.53. The summed E-state index contributed by atoms with van der Waals surface area (Å²) in [6, 6.07) is 14.7. The van der Waals surface area contributed by atoms with Crippen LogP contribution in [0.25, 0.3) is 5.82 Å². The van der Waals surface area contributed by atoms with Gasteiger partial charge in [-0.1, -0.05) is 18.2 Å². The molecular formula is C37H40N10O5. The molecule has 2 aromatic heterocycles. The number of aliphatic hydroxyl groups excluding tert-OH is 1.